The standard InChI is InChI=1S/C12H22N2O4/c1-6(2)9(13-8(5)15)11(16)14-10(7(3)4)12(17)18/h6-7,9-10H,1-5H3,(H,13,15)(H,14,16)(H,17,18)/t9-,10+/m1/s1. The van der Waals surface area contributed by atoms with E-state index in [0.717, 1.165) is 0 Å². The molecular formula is C12H22N2O4. The van der Waals surface area contributed by atoms with Crippen LogP contribution in [0.25, 0.3) is 0 Å². The van der Waals surface area contributed by atoms with Crippen molar-refractivity contribution in [1.29, 1.82) is 0 Å². The van der Waals surface area contributed by atoms with E-state index < -0.39 is 24.0 Å². The molecule has 0 aromatic rings. The van der Waals surface area contributed by atoms with Crippen molar-refractivity contribution in [2.24, 2.45) is 11.8 Å². The lowest BCUT2D eigenvalue weighted by Gasteiger charge is -2.24. The van der Waals surface area contributed by atoms with Gasteiger partial charge in [0.2, 0.25) is 11.8 Å². The molecule has 0 saturated heterocycles. The second-order valence-electron chi connectivity index (χ2n) is 4.99. The first kappa shape index (κ1) is 16.4. The Bertz CT molecular complexity index is 326. The van der Waals surface area contributed by atoms with E-state index in [0.29, 0.717) is 0 Å². The summed E-state index contributed by atoms with van der Waals surface area (Å²) in [5.74, 6) is -2.21. The van der Waals surface area contributed by atoms with Crippen molar-refractivity contribution in [1.82, 2.24) is 10.6 Å². The molecule has 2 amide bonds. The minimum atomic E-state index is -1.08. The fourth-order valence-corrected chi connectivity index (χ4v) is 1.51. The van der Waals surface area contributed by atoms with Gasteiger partial charge in [0.15, 0.2) is 0 Å². The third-order valence-corrected chi connectivity index (χ3v) is 2.54. The molecule has 18 heavy (non-hydrogen) atoms. The van der Waals surface area contributed by atoms with Gasteiger partial charge >= 0.3 is 5.97 Å². The summed E-state index contributed by atoms with van der Waals surface area (Å²) in [4.78, 5) is 33.9. The molecule has 0 saturated carbocycles. The van der Waals surface area contributed by atoms with Crippen LogP contribution in [0.5, 0.6) is 0 Å². The van der Waals surface area contributed by atoms with Gasteiger partial charge in [-0.2, -0.15) is 0 Å². The first-order chi connectivity index (χ1) is 8.16. The van der Waals surface area contributed by atoms with Crippen molar-refractivity contribution >= 4 is 17.8 Å². The Morgan fingerprint density at radius 3 is 1.61 bits per heavy atom. The second kappa shape index (κ2) is 6.98. The Hall–Kier alpha value is -1.59. The van der Waals surface area contributed by atoms with Crippen LogP contribution < -0.4 is 10.6 Å². The lowest BCUT2D eigenvalue weighted by atomic mass is 10.0. The summed E-state index contributed by atoms with van der Waals surface area (Å²) in [6, 6.07) is -1.67. The molecule has 0 aliphatic rings. The van der Waals surface area contributed by atoms with Gasteiger partial charge in [-0.25, -0.2) is 4.79 Å². The molecule has 6 nitrogen and oxygen atoms in total. The van der Waals surface area contributed by atoms with E-state index in [1.807, 2.05) is 0 Å². The maximum absolute atomic E-state index is 12.0. The topological polar surface area (TPSA) is 95.5 Å². The molecule has 0 bridgehead atoms. The maximum atomic E-state index is 12.0. The monoisotopic (exact) mass is 258 g/mol. The summed E-state index contributed by atoms with van der Waals surface area (Å²) in [7, 11) is 0. The highest BCUT2D eigenvalue weighted by molar-refractivity contribution is 5.90. The summed E-state index contributed by atoms with van der Waals surface area (Å²) in [5, 5.41) is 14.0. The van der Waals surface area contributed by atoms with Crippen molar-refractivity contribution in [3.63, 3.8) is 0 Å². The molecule has 2 atom stereocenters. The normalized spacial score (nSPS) is 14.2. The van der Waals surface area contributed by atoms with Gasteiger partial charge in [-0.15, -0.1) is 0 Å². The van der Waals surface area contributed by atoms with Crippen LogP contribution in [-0.4, -0.2) is 35.0 Å². The minimum Gasteiger partial charge on any atom is -0.480 e. The average molecular weight is 258 g/mol. The Labute approximate surface area is 107 Å². The predicted molar refractivity (Wildman–Crippen MR) is 66.8 cm³/mol. The fraction of sp³-hybridized carbons (Fsp3) is 0.750. The second-order valence-corrected chi connectivity index (χ2v) is 4.99. The number of hydrogen-bond acceptors (Lipinski definition) is 3. The van der Waals surface area contributed by atoms with Crippen molar-refractivity contribution in [2.75, 3.05) is 0 Å². The molecule has 0 aromatic heterocycles. The van der Waals surface area contributed by atoms with Crippen LogP contribution in [0.2, 0.25) is 0 Å². The smallest absolute Gasteiger partial charge is 0.326 e. The van der Waals surface area contributed by atoms with Crippen LogP contribution in [0.15, 0.2) is 0 Å². The van der Waals surface area contributed by atoms with E-state index in [4.69, 9.17) is 5.11 Å². The number of carbonyl (C=O) groups is 3. The van der Waals surface area contributed by atoms with Gasteiger partial charge in [0.1, 0.15) is 12.1 Å². The number of amides is 2. The van der Waals surface area contributed by atoms with Gasteiger partial charge in [-0.05, 0) is 11.8 Å². The highest BCUT2D eigenvalue weighted by Crippen LogP contribution is 2.06. The number of carboxylic acid groups (broad SMARTS) is 1. The van der Waals surface area contributed by atoms with Gasteiger partial charge < -0.3 is 15.7 Å². The van der Waals surface area contributed by atoms with Gasteiger partial charge in [0.25, 0.3) is 0 Å². The van der Waals surface area contributed by atoms with Crippen molar-refractivity contribution < 1.29 is 19.5 Å². The van der Waals surface area contributed by atoms with Gasteiger partial charge in [0.05, 0.1) is 0 Å². The van der Waals surface area contributed by atoms with Crippen LogP contribution >= 0.6 is 0 Å². The van der Waals surface area contributed by atoms with E-state index in [-0.39, 0.29) is 17.7 Å². The van der Waals surface area contributed by atoms with Gasteiger partial charge in [0, 0.05) is 6.92 Å². The highest BCUT2D eigenvalue weighted by Gasteiger charge is 2.29. The van der Waals surface area contributed by atoms with E-state index >= 15 is 0 Å². The Morgan fingerprint density at radius 1 is 0.889 bits per heavy atom. The molecule has 0 aliphatic carbocycles. The maximum Gasteiger partial charge on any atom is 0.326 e. The van der Waals surface area contributed by atoms with Crippen molar-refractivity contribution in [3.05, 3.63) is 0 Å². The zero-order valence-electron chi connectivity index (χ0n) is 11.5. The summed E-state index contributed by atoms with van der Waals surface area (Å²) < 4.78 is 0. The molecule has 0 rings (SSSR count). The molecule has 0 fully saturated rings. The fourth-order valence-electron chi connectivity index (χ4n) is 1.51. The van der Waals surface area contributed by atoms with Crippen molar-refractivity contribution in [3.8, 4) is 0 Å². The van der Waals surface area contributed by atoms with Crippen LogP contribution in [0.1, 0.15) is 34.6 Å². The number of aliphatic carboxylic acids is 1. The summed E-state index contributed by atoms with van der Waals surface area (Å²) >= 11 is 0. The number of rotatable bonds is 6. The van der Waals surface area contributed by atoms with Gasteiger partial charge in [-0.1, -0.05) is 27.7 Å². The summed E-state index contributed by atoms with van der Waals surface area (Å²) in [5.41, 5.74) is 0. The molecule has 0 heterocycles. The number of hydrogen-bond donors (Lipinski definition) is 3. The zero-order valence-corrected chi connectivity index (χ0v) is 11.5. The van der Waals surface area contributed by atoms with Crippen LogP contribution in [0, 0.1) is 11.8 Å². The zero-order chi connectivity index (χ0) is 14.5. The number of nitrogens with one attached hydrogen (secondary N) is 2. The molecule has 0 aromatic carbocycles. The van der Waals surface area contributed by atoms with E-state index in [9.17, 15) is 14.4 Å². The lowest BCUT2D eigenvalue weighted by molar-refractivity contribution is -0.143. The van der Waals surface area contributed by atoms with Crippen LogP contribution in [0.3, 0.4) is 0 Å². The largest absolute Gasteiger partial charge is 0.480 e. The molecule has 0 unspecified atom stereocenters. The molecule has 104 valence electrons. The Balaban J connectivity index is 4.77. The third kappa shape index (κ3) is 5.16. The Kier molecular flexibility index (Phi) is 6.36. The van der Waals surface area contributed by atoms with E-state index in [1.54, 1.807) is 27.7 Å². The SMILES string of the molecule is CC(=O)N[C@@H](C(=O)N[C@H](C(=O)O)C(C)C)C(C)C. The Morgan fingerprint density at radius 2 is 1.33 bits per heavy atom. The third-order valence-electron chi connectivity index (χ3n) is 2.54. The van der Waals surface area contributed by atoms with Gasteiger partial charge in [-0.3, -0.25) is 9.59 Å². The highest BCUT2D eigenvalue weighted by atomic mass is 16.4. The molecule has 0 radical (unpaired) electrons. The average Bonchev–Trinajstić information content (AvgIpc) is 2.20. The molecule has 0 aliphatic heterocycles. The van der Waals surface area contributed by atoms with Crippen molar-refractivity contribution in [2.45, 2.75) is 46.7 Å². The van der Waals surface area contributed by atoms with Crippen LogP contribution in [0.4, 0.5) is 0 Å². The number of carbonyl (C=O) groups excluding carboxylic acids is 2. The first-order valence-corrected chi connectivity index (χ1v) is 5.97. The minimum absolute atomic E-state index is 0.115. The molecular weight excluding hydrogens is 236 g/mol. The van der Waals surface area contributed by atoms with E-state index in [2.05, 4.69) is 10.6 Å². The van der Waals surface area contributed by atoms with E-state index in [1.165, 1.54) is 6.92 Å². The lowest BCUT2D eigenvalue weighted by Crippen LogP contribution is -2.54. The predicted octanol–water partition coefficient (Wildman–Crippen LogP) is 0.372. The summed E-state index contributed by atoms with van der Waals surface area (Å²) in [6.45, 7) is 8.31. The number of carboxylic acids is 1. The quantitative estimate of drug-likeness (QED) is 0.641. The molecule has 0 spiro atoms. The van der Waals surface area contributed by atoms with Crippen LogP contribution in [-0.2, 0) is 14.4 Å². The molecule has 6 heteroatoms. The summed E-state index contributed by atoms with van der Waals surface area (Å²) in [6.07, 6.45) is 0. The molecule has 3 N–H and O–H groups in total. The first-order valence-electron chi connectivity index (χ1n) is 5.97.